The van der Waals surface area contributed by atoms with Crippen LogP contribution in [0, 0.1) is 0 Å². The normalized spacial score (nSPS) is 17.7. The topological polar surface area (TPSA) is 21.8 Å². The summed E-state index contributed by atoms with van der Waals surface area (Å²) < 4.78 is 0. The van der Waals surface area contributed by atoms with E-state index in [0.717, 1.165) is 6.54 Å². The highest BCUT2D eigenvalue weighted by Gasteiger charge is 2.21. The summed E-state index contributed by atoms with van der Waals surface area (Å²) in [4.78, 5) is 7.51. The Morgan fingerprint density at radius 3 is 1.96 bits per heavy atom. The molecule has 2 aliphatic heterocycles. The molecule has 0 saturated carbocycles. The molecule has 0 bridgehead atoms. The molecule has 2 aliphatic rings. The van der Waals surface area contributed by atoms with Gasteiger partial charge in [-0.15, -0.1) is 0 Å². The molecule has 0 atom stereocenters. The van der Waals surface area contributed by atoms with Crippen LogP contribution in [0.3, 0.4) is 0 Å². The Bertz CT molecular complexity index is 661. The molecule has 0 unspecified atom stereocenters. The first kappa shape index (κ1) is 16.4. The van der Waals surface area contributed by atoms with Gasteiger partial charge < -0.3 is 20.0 Å². The fourth-order valence-corrected chi connectivity index (χ4v) is 3.82. The first-order valence-corrected chi connectivity index (χ1v) is 9.45. The maximum Gasteiger partial charge on any atom is 0.0650 e. The third kappa shape index (κ3) is 3.65. The van der Waals surface area contributed by atoms with Crippen LogP contribution in [0.4, 0.5) is 22.7 Å². The summed E-state index contributed by atoms with van der Waals surface area (Å²) in [7, 11) is 2.22. The monoisotopic (exact) mass is 336 g/mol. The van der Waals surface area contributed by atoms with Crippen LogP contribution in [0.5, 0.6) is 0 Å². The van der Waals surface area contributed by atoms with E-state index in [-0.39, 0.29) is 0 Å². The number of fused-ring (bicyclic) bond motifs is 2. The first-order valence-electron chi connectivity index (χ1n) is 9.45. The van der Waals surface area contributed by atoms with E-state index in [0.29, 0.717) is 0 Å². The minimum absolute atomic E-state index is 1.07. The minimum atomic E-state index is 1.07. The lowest BCUT2D eigenvalue weighted by Crippen LogP contribution is -2.44. The number of likely N-dealkylation sites (N-methyl/N-ethyl adjacent to an activating group) is 1. The number of rotatable bonds is 5. The minimum Gasteiger partial charge on any atom is -0.352 e. The molecule has 0 spiro atoms. The van der Waals surface area contributed by atoms with Gasteiger partial charge in [-0.3, -0.25) is 0 Å². The van der Waals surface area contributed by atoms with Crippen molar-refractivity contribution in [3.8, 4) is 0 Å². The van der Waals surface area contributed by atoms with E-state index in [1.807, 2.05) is 0 Å². The van der Waals surface area contributed by atoms with Crippen LogP contribution >= 0.6 is 0 Å². The zero-order valence-electron chi connectivity index (χ0n) is 15.1. The Morgan fingerprint density at radius 2 is 1.32 bits per heavy atom. The SMILES string of the molecule is CN1CCN(CCCCN2c3ccccc3Nc3ccccc32)CC1. The zero-order valence-corrected chi connectivity index (χ0v) is 15.1. The highest BCUT2D eigenvalue weighted by atomic mass is 15.2. The molecule has 25 heavy (non-hydrogen) atoms. The Labute approximate surface area is 151 Å². The summed E-state index contributed by atoms with van der Waals surface area (Å²) in [6, 6.07) is 17.2. The van der Waals surface area contributed by atoms with Crippen molar-refractivity contribution in [3.05, 3.63) is 48.5 Å². The lowest BCUT2D eigenvalue weighted by molar-refractivity contribution is 0.152. The summed E-state index contributed by atoms with van der Waals surface area (Å²) in [5, 5.41) is 3.56. The Kier molecular flexibility index (Phi) is 4.90. The average molecular weight is 336 g/mol. The van der Waals surface area contributed by atoms with Crippen molar-refractivity contribution in [1.82, 2.24) is 9.80 Å². The average Bonchev–Trinajstić information content (AvgIpc) is 2.66. The summed E-state index contributed by atoms with van der Waals surface area (Å²) in [5.74, 6) is 0. The molecule has 4 nitrogen and oxygen atoms in total. The van der Waals surface area contributed by atoms with Crippen LogP contribution in [0.1, 0.15) is 12.8 Å². The molecule has 0 aromatic heterocycles. The maximum absolute atomic E-state index is 3.56. The standard InChI is InChI=1S/C21H28N4/c1-23-14-16-24(17-15-23)12-6-7-13-25-20-10-4-2-8-18(20)22-19-9-3-5-11-21(19)25/h2-5,8-11,22H,6-7,12-17H2,1H3. The van der Waals surface area contributed by atoms with Crippen LogP contribution in [0.15, 0.2) is 48.5 Å². The number of hydrogen-bond acceptors (Lipinski definition) is 4. The van der Waals surface area contributed by atoms with Gasteiger partial charge in [-0.25, -0.2) is 0 Å². The molecular formula is C21H28N4. The summed E-state index contributed by atoms with van der Waals surface area (Å²) in [6.45, 7) is 7.15. The molecule has 0 aliphatic carbocycles. The molecule has 0 amide bonds. The number of nitrogens with one attached hydrogen (secondary N) is 1. The second kappa shape index (κ2) is 7.46. The van der Waals surface area contributed by atoms with Crippen molar-refractivity contribution in [2.45, 2.75) is 12.8 Å². The molecule has 1 saturated heterocycles. The van der Waals surface area contributed by atoms with Crippen LogP contribution in [-0.2, 0) is 0 Å². The van der Waals surface area contributed by atoms with E-state index >= 15 is 0 Å². The third-order valence-electron chi connectivity index (χ3n) is 5.36. The molecule has 2 aromatic rings. The highest BCUT2D eigenvalue weighted by Crippen LogP contribution is 2.43. The fourth-order valence-electron chi connectivity index (χ4n) is 3.82. The van der Waals surface area contributed by atoms with E-state index in [1.165, 1.54) is 68.3 Å². The van der Waals surface area contributed by atoms with E-state index < -0.39 is 0 Å². The molecule has 4 rings (SSSR count). The maximum atomic E-state index is 3.56. The number of benzene rings is 2. The number of para-hydroxylation sites is 4. The van der Waals surface area contributed by atoms with Gasteiger partial charge in [0.05, 0.1) is 22.7 Å². The van der Waals surface area contributed by atoms with Gasteiger partial charge >= 0.3 is 0 Å². The van der Waals surface area contributed by atoms with Gasteiger partial charge in [0.15, 0.2) is 0 Å². The highest BCUT2D eigenvalue weighted by molar-refractivity contribution is 5.91. The number of piperazine rings is 1. The molecule has 4 heteroatoms. The van der Waals surface area contributed by atoms with Gasteiger partial charge in [0.25, 0.3) is 0 Å². The van der Waals surface area contributed by atoms with Crippen molar-refractivity contribution < 1.29 is 0 Å². The van der Waals surface area contributed by atoms with Gasteiger partial charge in [0, 0.05) is 32.7 Å². The van der Waals surface area contributed by atoms with Gasteiger partial charge in [-0.2, -0.15) is 0 Å². The number of hydrogen-bond donors (Lipinski definition) is 1. The van der Waals surface area contributed by atoms with E-state index in [1.54, 1.807) is 0 Å². The van der Waals surface area contributed by atoms with Crippen molar-refractivity contribution in [2.24, 2.45) is 0 Å². The summed E-state index contributed by atoms with van der Waals surface area (Å²) in [5.41, 5.74) is 5.00. The third-order valence-corrected chi connectivity index (χ3v) is 5.36. The number of unbranched alkanes of at least 4 members (excludes halogenated alkanes) is 1. The van der Waals surface area contributed by atoms with Gasteiger partial charge in [0.1, 0.15) is 0 Å². The Morgan fingerprint density at radius 1 is 0.760 bits per heavy atom. The van der Waals surface area contributed by atoms with Crippen molar-refractivity contribution in [1.29, 1.82) is 0 Å². The van der Waals surface area contributed by atoms with E-state index in [2.05, 4.69) is 75.6 Å². The fraction of sp³-hybridized carbons (Fsp3) is 0.429. The smallest absolute Gasteiger partial charge is 0.0650 e. The molecule has 2 heterocycles. The van der Waals surface area contributed by atoms with E-state index in [9.17, 15) is 0 Å². The molecule has 2 aromatic carbocycles. The molecule has 1 fully saturated rings. The summed E-state index contributed by atoms with van der Waals surface area (Å²) >= 11 is 0. The van der Waals surface area contributed by atoms with Gasteiger partial charge in [-0.1, -0.05) is 24.3 Å². The van der Waals surface area contributed by atoms with Crippen molar-refractivity contribution in [3.63, 3.8) is 0 Å². The molecule has 1 N–H and O–H groups in total. The lowest BCUT2D eigenvalue weighted by Gasteiger charge is -2.34. The number of anilines is 4. The van der Waals surface area contributed by atoms with Crippen LogP contribution in [0.2, 0.25) is 0 Å². The van der Waals surface area contributed by atoms with Crippen LogP contribution in [0.25, 0.3) is 0 Å². The second-order valence-electron chi connectivity index (χ2n) is 7.16. The predicted octanol–water partition coefficient (Wildman–Crippen LogP) is 3.91. The lowest BCUT2D eigenvalue weighted by atomic mass is 10.1. The summed E-state index contributed by atoms with van der Waals surface area (Å²) in [6.07, 6.45) is 2.48. The molecular weight excluding hydrogens is 308 g/mol. The zero-order chi connectivity index (χ0) is 17.1. The predicted molar refractivity (Wildman–Crippen MR) is 106 cm³/mol. The Balaban J connectivity index is 1.39. The van der Waals surface area contributed by atoms with Gasteiger partial charge in [0.2, 0.25) is 0 Å². The molecule has 132 valence electrons. The Hall–Kier alpha value is -2.04. The van der Waals surface area contributed by atoms with Crippen molar-refractivity contribution >= 4 is 22.7 Å². The first-order chi connectivity index (χ1) is 12.3. The van der Waals surface area contributed by atoms with Crippen LogP contribution < -0.4 is 10.2 Å². The van der Waals surface area contributed by atoms with E-state index in [4.69, 9.17) is 0 Å². The van der Waals surface area contributed by atoms with Gasteiger partial charge in [-0.05, 0) is 50.7 Å². The second-order valence-corrected chi connectivity index (χ2v) is 7.16. The largest absolute Gasteiger partial charge is 0.352 e. The van der Waals surface area contributed by atoms with Crippen LogP contribution in [-0.4, -0.2) is 56.1 Å². The quantitative estimate of drug-likeness (QED) is 0.836. The number of nitrogens with zero attached hydrogens (tertiary/aromatic N) is 3. The van der Waals surface area contributed by atoms with Crippen molar-refractivity contribution in [2.75, 3.05) is 56.5 Å². The molecule has 0 radical (unpaired) electrons.